The highest BCUT2D eigenvalue weighted by Gasteiger charge is 2.09. The molecular formula is C15H16N4S. The van der Waals surface area contributed by atoms with Gasteiger partial charge in [0.2, 0.25) is 0 Å². The van der Waals surface area contributed by atoms with E-state index >= 15 is 0 Å². The zero-order valence-electron chi connectivity index (χ0n) is 11.3. The molecule has 2 aromatic heterocycles. The average molecular weight is 284 g/mol. The zero-order valence-corrected chi connectivity index (χ0v) is 12.1. The average Bonchev–Trinajstić information content (AvgIpc) is 3.01. The SMILES string of the molecule is Cn1cccc1Cc1n[nH]c(=S)n1Cc1ccccc1. The van der Waals surface area contributed by atoms with Gasteiger partial charge in [0, 0.05) is 25.4 Å². The number of aromatic nitrogens is 4. The molecule has 4 nitrogen and oxygen atoms in total. The molecule has 0 radical (unpaired) electrons. The third-order valence-corrected chi connectivity index (χ3v) is 3.72. The van der Waals surface area contributed by atoms with Crippen LogP contribution in [0.1, 0.15) is 17.1 Å². The number of hydrogen-bond donors (Lipinski definition) is 1. The van der Waals surface area contributed by atoms with Crippen molar-refractivity contribution in [3.63, 3.8) is 0 Å². The van der Waals surface area contributed by atoms with Crippen LogP contribution in [0.3, 0.4) is 0 Å². The highest BCUT2D eigenvalue weighted by atomic mass is 32.1. The molecule has 0 bridgehead atoms. The largest absolute Gasteiger partial charge is 0.354 e. The van der Waals surface area contributed by atoms with E-state index in [1.54, 1.807) is 0 Å². The van der Waals surface area contributed by atoms with Crippen molar-refractivity contribution in [2.75, 3.05) is 0 Å². The van der Waals surface area contributed by atoms with Crippen molar-refractivity contribution < 1.29 is 0 Å². The lowest BCUT2D eigenvalue weighted by molar-refractivity contribution is 0.715. The maximum absolute atomic E-state index is 5.34. The topological polar surface area (TPSA) is 38.5 Å². The molecule has 0 aliphatic heterocycles. The molecule has 5 heteroatoms. The van der Waals surface area contributed by atoms with E-state index in [0.717, 1.165) is 18.8 Å². The Balaban J connectivity index is 1.90. The van der Waals surface area contributed by atoms with Crippen LogP contribution in [0.15, 0.2) is 48.7 Å². The van der Waals surface area contributed by atoms with Crippen LogP contribution >= 0.6 is 12.2 Å². The molecule has 0 saturated carbocycles. The van der Waals surface area contributed by atoms with Gasteiger partial charge in [0.05, 0.1) is 6.54 Å². The number of nitrogens with one attached hydrogen (secondary N) is 1. The fourth-order valence-corrected chi connectivity index (χ4v) is 2.47. The summed E-state index contributed by atoms with van der Waals surface area (Å²) >= 11 is 5.34. The van der Waals surface area contributed by atoms with Crippen LogP contribution in [-0.2, 0) is 20.0 Å². The summed E-state index contributed by atoms with van der Waals surface area (Å²) in [5.41, 5.74) is 2.44. The smallest absolute Gasteiger partial charge is 0.195 e. The van der Waals surface area contributed by atoms with E-state index in [1.807, 2.05) is 37.5 Å². The summed E-state index contributed by atoms with van der Waals surface area (Å²) in [5, 5.41) is 7.26. The molecule has 2 heterocycles. The lowest BCUT2D eigenvalue weighted by Gasteiger charge is -2.07. The van der Waals surface area contributed by atoms with Crippen LogP contribution < -0.4 is 0 Å². The van der Waals surface area contributed by atoms with Crippen LogP contribution in [0.25, 0.3) is 0 Å². The van der Waals surface area contributed by atoms with Crippen LogP contribution in [0.4, 0.5) is 0 Å². The van der Waals surface area contributed by atoms with Gasteiger partial charge in [0.25, 0.3) is 0 Å². The van der Waals surface area contributed by atoms with Crippen LogP contribution in [0.5, 0.6) is 0 Å². The van der Waals surface area contributed by atoms with Gasteiger partial charge in [0.15, 0.2) is 4.77 Å². The quantitative estimate of drug-likeness (QED) is 0.748. The Morgan fingerprint density at radius 2 is 1.95 bits per heavy atom. The Morgan fingerprint density at radius 1 is 1.15 bits per heavy atom. The first kappa shape index (κ1) is 12.9. The molecule has 3 rings (SSSR count). The Kier molecular flexibility index (Phi) is 3.52. The van der Waals surface area contributed by atoms with Gasteiger partial charge in [-0.2, -0.15) is 5.10 Å². The van der Waals surface area contributed by atoms with E-state index < -0.39 is 0 Å². The van der Waals surface area contributed by atoms with Crippen LogP contribution in [0.2, 0.25) is 0 Å². The second kappa shape index (κ2) is 5.46. The van der Waals surface area contributed by atoms with Gasteiger partial charge in [-0.25, -0.2) is 0 Å². The van der Waals surface area contributed by atoms with E-state index in [0.29, 0.717) is 4.77 Å². The van der Waals surface area contributed by atoms with Crippen molar-refractivity contribution in [1.82, 2.24) is 19.3 Å². The number of nitrogens with zero attached hydrogens (tertiary/aromatic N) is 3. The second-order valence-electron chi connectivity index (χ2n) is 4.80. The second-order valence-corrected chi connectivity index (χ2v) is 5.19. The van der Waals surface area contributed by atoms with E-state index in [1.165, 1.54) is 11.3 Å². The minimum Gasteiger partial charge on any atom is -0.354 e. The van der Waals surface area contributed by atoms with Gasteiger partial charge in [0.1, 0.15) is 5.82 Å². The highest BCUT2D eigenvalue weighted by Crippen LogP contribution is 2.11. The fraction of sp³-hybridized carbons (Fsp3) is 0.200. The normalized spacial score (nSPS) is 10.8. The number of benzene rings is 1. The summed E-state index contributed by atoms with van der Waals surface area (Å²) in [4.78, 5) is 0. The summed E-state index contributed by atoms with van der Waals surface area (Å²) in [5.74, 6) is 0.959. The summed E-state index contributed by atoms with van der Waals surface area (Å²) in [7, 11) is 2.04. The molecule has 0 spiro atoms. The molecule has 0 amide bonds. The van der Waals surface area contributed by atoms with E-state index in [9.17, 15) is 0 Å². The first-order valence-electron chi connectivity index (χ1n) is 6.52. The number of H-pyrrole nitrogens is 1. The van der Waals surface area contributed by atoms with Crippen molar-refractivity contribution in [2.45, 2.75) is 13.0 Å². The third-order valence-electron chi connectivity index (χ3n) is 3.41. The predicted octanol–water partition coefficient (Wildman–Crippen LogP) is 2.92. The van der Waals surface area contributed by atoms with Gasteiger partial charge < -0.3 is 4.57 Å². The number of aromatic amines is 1. The molecule has 3 aromatic rings. The van der Waals surface area contributed by atoms with Gasteiger partial charge in [-0.1, -0.05) is 30.3 Å². The minimum atomic E-state index is 0.665. The molecule has 0 aliphatic carbocycles. The maximum atomic E-state index is 5.34. The lowest BCUT2D eigenvalue weighted by atomic mass is 10.2. The molecule has 102 valence electrons. The Hall–Kier alpha value is -2.14. The Bertz CT molecular complexity index is 752. The third kappa shape index (κ3) is 2.58. The van der Waals surface area contributed by atoms with Gasteiger partial charge in [-0.15, -0.1) is 0 Å². The van der Waals surface area contributed by atoms with Crippen molar-refractivity contribution in [1.29, 1.82) is 0 Å². The van der Waals surface area contributed by atoms with E-state index in [-0.39, 0.29) is 0 Å². The maximum Gasteiger partial charge on any atom is 0.195 e. The van der Waals surface area contributed by atoms with Crippen molar-refractivity contribution >= 4 is 12.2 Å². The standard InChI is InChI=1S/C15H16N4S/c1-18-9-5-8-13(18)10-14-16-17-15(20)19(14)11-12-6-3-2-4-7-12/h2-9H,10-11H2,1H3,(H,17,20). The van der Waals surface area contributed by atoms with Crippen molar-refractivity contribution in [3.8, 4) is 0 Å². The zero-order chi connectivity index (χ0) is 13.9. The van der Waals surface area contributed by atoms with E-state index in [2.05, 4.69) is 37.5 Å². The Labute approximate surface area is 122 Å². The molecule has 0 unspecified atom stereocenters. The van der Waals surface area contributed by atoms with Gasteiger partial charge >= 0.3 is 0 Å². The summed E-state index contributed by atoms with van der Waals surface area (Å²) in [6.45, 7) is 0.746. The van der Waals surface area contributed by atoms with Crippen molar-refractivity contribution in [3.05, 3.63) is 70.5 Å². The number of aryl methyl sites for hydroxylation is 1. The molecule has 0 aliphatic rings. The highest BCUT2D eigenvalue weighted by molar-refractivity contribution is 7.71. The minimum absolute atomic E-state index is 0.665. The number of hydrogen-bond acceptors (Lipinski definition) is 2. The first-order chi connectivity index (χ1) is 9.74. The molecule has 20 heavy (non-hydrogen) atoms. The Morgan fingerprint density at radius 3 is 2.65 bits per heavy atom. The summed E-state index contributed by atoms with van der Waals surface area (Å²) in [6.07, 6.45) is 2.81. The molecule has 0 saturated heterocycles. The monoisotopic (exact) mass is 284 g/mol. The van der Waals surface area contributed by atoms with Crippen molar-refractivity contribution in [2.24, 2.45) is 7.05 Å². The first-order valence-corrected chi connectivity index (χ1v) is 6.93. The number of rotatable bonds is 4. The van der Waals surface area contributed by atoms with E-state index in [4.69, 9.17) is 12.2 Å². The summed E-state index contributed by atoms with van der Waals surface area (Å²) in [6, 6.07) is 14.4. The fourth-order valence-electron chi connectivity index (χ4n) is 2.26. The molecule has 1 aromatic carbocycles. The van der Waals surface area contributed by atoms with Crippen LogP contribution in [-0.4, -0.2) is 19.3 Å². The molecule has 1 N–H and O–H groups in total. The molecule has 0 atom stereocenters. The molecule has 0 fully saturated rings. The molecular weight excluding hydrogens is 268 g/mol. The predicted molar refractivity (Wildman–Crippen MR) is 81.2 cm³/mol. The summed E-state index contributed by atoms with van der Waals surface area (Å²) < 4.78 is 4.82. The van der Waals surface area contributed by atoms with Gasteiger partial charge in [-0.3, -0.25) is 9.67 Å². The lowest BCUT2D eigenvalue weighted by Crippen LogP contribution is -2.07. The van der Waals surface area contributed by atoms with Gasteiger partial charge in [-0.05, 0) is 29.9 Å². The van der Waals surface area contributed by atoms with Crippen LogP contribution in [0, 0.1) is 4.77 Å².